The lowest BCUT2D eigenvalue weighted by molar-refractivity contribution is 0.412. The van der Waals surface area contributed by atoms with Crippen molar-refractivity contribution in [3.05, 3.63) is 35.9 Å². The van der Waals surface area contributed by atoms with Crippen molar-refractivity contribution in [3.8, 4) is 17.1 Å². The Labute approximate surface area is 95.3 Å². The zero-order valence-electron chi connectivity index (χ0n) is 9.81. The van der Waals surface area contributed by atoms with Crippen LogP contribution in [0, 0.1) is 0 Å². The Morgan fingerprint density at radius 1 is 1.19 bits per heavy atom. The number of hydrogen-bond donors (Lipinski definition) is 1. The highest BCUT2D eigenvalue weighted by molar-refractivity contribution is 5.65. The monoisotopic (exact) mass is 216 g/mol. The molecule has 3 nitrogen and oxygen atoms in total. The summed E-state index contributed by atoms with van der Waals surface area (Å²) in [6.07, 6.45) is 0. The van der Waals surface area contributed by atoms with Gasteiger partial charge in [0.25, 0.3) is 0 Å². The van der Waals surface area contributed by atoms with Gasteiger partial charge in [-0.1, -0.05) is 44.2 Å². The first-order valence-electron chi connectivity index (χ1n) is 5.42. The molecule has 0 aliphatic heterocycles. The second-order valence-electron chi connectivity index (χ2n) is 4.23. The standard InChI is InChI=1S/C13H16N2O/c1-9(2)11-12(14-15(3)13(11)16)10-7-5-4-6-8-10/h4-9,16H,1-3H3. The highest BCUT2D eigenvalue weighted by Gasteiger charge is 2.19. The molecule has 0 fully saturated rings. The smallest absolute Gasteiger partial charge is 0.213 e. The molecule has 0 saturated heterocycles. The molecule has 16 heavy (non-hydrogen) atoms. The molecular formula is C13H16N2O. The topological polar surface area (TPSA) is 38.0 Å². The predicted octanol–water partition coefficient (Wildman–Crippen LogP) is 2.92. The van der Waals surface area contributed by atoms with Crippen LogP contribution in [0.3, 0.4) is 0 Å². The second kappa shape index (κ2) is 4.00. The van der Waals surface area contributed by atoms with Gasteiger partial charge >= 0.3 is 0 Å². The van der Waals surface area contributed by atoms with E-state index in [0.717, 1.165) is 16.8 Å². The predicted molar refractivity (Wildman–Crippen MR) is 64.4 cm³/mol. The summed E-state index contributed by atoms with van der Waals surface area (Å²) < 4.78 is 1.53. The van der Waals surface area contributed by atoms with E-state index in [2.05, 4.69) is 18.9 Å². The third kappa shape index (κ3) is 1.69. The lowest BCUT2D eigenvalue weighted by Crippen LogP contribution is -1.89. The van der Waals surface area contributed by atoms with Crippen LogP contribution in [0.25, 0.3) is 11.3 Å². The molecule has 0 saturated carbocycles. The summed E-state index contributed by atoms with van der Waals surface area (Å²) in [7, 11) is 1.76. The summed E-state index contributed by atoms with van der Waals surface area (Å²) in [5.41, 5.74) is 2.83. The van der Waals surface area contributed by atoms with Gasteiger partial charge in [0.1, 0.15) is 0 Å². The lowest BCUT2D eigenvalue weighted by Gasteiger charge is -2.05. The van der Waals surface area contributed by atoms with Crippen LogP contribution in [0.4, 0.5) is 0 Å². The van der Waals surface area contributed by atoms with E-state index in [9.17, 15) is 5.11 Å². The Hall–Kier alpha value is -1.77. The fourth-order valence-corrected chi connectivity index (χ4v) is 1.87. The first-order chi connectivity index (χ1) is 7.61. The highest BCUT2D eigenvalue weighted by Crippen LogP contribution is 2.34. The Balaban J connectivity index is 2.62. The lowest BCUT2D eigenvalue weighted by atomic mass is 9.99. The average molecular weight is 216 g/mol. The minimum absolute atomic E-state index is 0.254. The fourth-order valence-electron chi connectivity index (χ4n) is 1.87. The van der Waals surface area contributed by atoms with Crippen LogP contribution in [-0.2, 0) is 7.05 Å². The maximum Gasteiger partial charge on any atom is 0.213 e. The summed E-state index contributed by atoms with van der Waals surface area (Å²) in [5, 5.41) is 14.3. The SMILES string of the molecule is CC(C)c1c(-c2ccccc2)nn(C)c1O. The average Bonchev–Trinajstić information content (AvgIpc) is 2.57. The van der Waals surface area contributed by atoms with Crippen LogP contribution < -0.4 is 0 Å². The number of aromatic hydroxyl groups is 1. The maximum atomic E-state index is 9.95. The zero-order valence-corrected chi connectivity index (χ0v) is 9.81. The quantitative estimate of drug-likeness (QED) is 0.838. The van der Waals surface area contributed by atoms with E-state index in [1.54, 1.807) is 7.05 Å². The van der Waals surface area contributed by atoms with E-state index in [4.69, 9.17) is 0 Å². The van der Waals surface area contributed by atoms with Gasteiger partial charge in [0.2, 0.25) is 5.88 Å². The van der Waals surface area contributed by atoms with Crippen LogP contribution in [0.2, 0.25) is 0 Å². The molecule has 3 heteroatoms. The van der Waals surface area contributed by atoms with Gasteiger partial charge in [0.15, 0.2) is 0 Å². The fraction of sp³-hybridized carbons (Fsp3) is 0.308. The van der Waals surface area contributed by atoms with Gasteiger partial charge < -0.3 is 5.11 Å². The molecule has 1 heterocycles. The largest absolute Gasteiger partial charge is 0.493 e. The van der Waals surface area contributed by atoms with Crippen LogP contribution in [0.1, 0.15) is 25.3 Å². The molecule has 0 aliphatic carbocycles. The Kier molecular flexibility index (Phi) is 2.69. The van der Waals surface area contributed by atoms with Gasteiger partial charge in [-0.25, -0.2) is 4.68 Å². The van der Waals surface area contributed by atoms with Crippen molar-refractivity contribution in [2.45, 2.75) is 19.8 Å². The normalized spacial score (nSPS) is 11.0. The van der Waals surface area contributed by atoms with Crippen molar-refractivity contribution in [1.82, 2.24) is 9.78 Å². The number of rotatable bonds is 2. The number of benzene rings is 1. The van der Waals surface area contributed by atoms with Gasteiger partial charge in [-0.15, -0.1) is 0 Å². The number of aryl methyl sites for hydroxylation is 1. The highest BCUT2D eigenvalue weighted by atomic mass is 16.3. The summed E-state index contributed by atoms with van der Waals surface area (Å²) in [5.74, 6) is 0.512. The third-order valence-corrected chi connectivity index (χ3v) is 2.68. The van der Waals surface area contributed by atoms with E-state index in [1.165, 1.54) is 4.68 Å². The van der Waals surface area contributed by atoms with E-state index in [-0.39, 0.29) is 11.8 Å². The molecule has 0 atom stereocenters. The molecule has 0 radical (unpaired) electrons. The zero-order chi connectivity index (χ0) is 11.7. The number of aromatic nitrogens is 2. The second-order valence-corrected chi connectivity index (χ2v) is 4.23. The van der Waals surface area contributed by atoms with Crippen molar-refractivity contribution >= 4 is 0 Å². The molecule has 1 aromatic carbocycles. The Morgan fingerprint density at radius 2 is 1.81 bits per heavy atom. The minimum atomic E-state index is 0.254. The molecule has 1 aromatic heterocycles. The van der Waals surface area contributed by atoms with Crippen LogP contribution in [0.5, 0.6) is 5.88 Å². The minimum Gasteiger partial charge on any atom is -0.493 e. The summed E-state index contributed by atoms with van der Waals surface area (Å²) in [6, 6.07) is 9.94. The molecular weight excluding hydrogens is 200 g/mol. The van der Waals surface area contributed by atoms with Crippen molar-refractivity contribution in [3.63, 3.8) is 0 Å². The summed E-state index contributed by atoms with van der Waals surface area (Å²) >= 11 is 0. The molecule has 1 N–H and O–H groups in total. The Bertz CT molecular complexity index is 486. The molecule has 2 rings (SSSR count). The van der Waals surface area contributed by atoms with Gasteiger partial charge in [-0.3, -0.25) is 0 Å². The van der Waals surface area contributed by atoms with Gasteiger partial charge in [0, 0.05) is 18.2 Å². The molecule has 0 spiro atoms. The summed E-state index contributed by atoms with van der Waals surface area (Å²) in [4.78, 5) is 0. The van der Waals surface area contributed by atoms with Crippen LogP contribution >= 0.6 is 0 Å². The molecule has 0 amide bonds. The van der Waals surface area contributed by atoms with Crippen molar-refractivity contribution in [1.29, 1.82) is 0 Å². The summed E-state index contributed by atoms with van der Waals surface area (Å²) in [6.45, 7) is 4.12. The van der Waals surface area contributed by atoms with Gasteiger partial charge in [-0.2, -0.15) is 5.10 Å². The van der Waals surface area contributed by atoms with Gasteiger partial charge in [-0.05, 0) is 5.92 Å². The van der Waals surface area contributed by atoms with Crippen molar-refractivity contribution in [2.24, 2.45) is 7.05 Å². The van der Waals surface area contributed by atoms with Crippen LogP contribution in [-0.4, -0.2) is 14.9 Å². The number of nitrogens with zero attached hydrogens (tertiary/aromatic N) is 2. The van der Waals surface area contributed by atoms with Crippen molar-refractivity contribution in [2.75, 3.05) is 0 Å². The van der Waals surface area contributed by atoms with E-state index >= 15 is 0 Å². The van der Waals surface area contributed by atoms with Crippen molar-refractivity contribution < 1.29 is 5.11 Å². The van der Waals surface area contributed by atoms with E-state index in [1.807, 2.05) is 30.3 Å². The molecule has 0 aliphatic rings. The van der Waals surface area contributed by atoms with Crippen LogP contribution in [0.15, 0.2) is 30.3 Å². The molecule has 84 valence electrons. The molecule has 0 unspecified atom stereocenters. The molecule has 0 bridgehead atoms. The Morgan fingerprint density at radius 3 is 2.38 bits per heavy atom. The van der Waals surface area contributed by atoms with E-state index < -0.39 is 0 Å². The van der Waals surface area contributed by atoms with Gasteiger partial charge in [0.05, 0.1) is 5.69 Å². The third-order valence-electron chi connectivity index (χ3n) is 2.68. The maximum absolute atomic E-state index is 9.95. The number of hydrogen-bond acceptors (Lipinski definition) is 2. The molecule has 2 aromatic rings. The first-order valence-corrected chi connectivity index (χ1v) is 5.42. The van der Waals surface area contributed by atoms with E-state index in [0.29, 0.717) is 0 Å². The first kappa shape index (κ1) is 10.7.